The Kier molecular flexibility index (Phi) is 4.92. The Labute approximate surface area is 96.0 Å². The number of rotatable bonds is 4. The van der Waals surface area contributed by atoms with Crippen molar-refractivity contribution in [2.45, 2.75) is 13.5 Å². The zero-order chi connectivity index (χ0) is 11.8. The van der Waals surface area contributed by atoms with Crippen molar-refractivity contribution in [1.29, 1.82) is 5.26 Å². The average Bonchev–Trinajstić information content (AvgIpc) is 2.34. The zero-order valence-corrected chi connectivity index (χ0v) is 9.50. The van der Waals surface area contributed by atoms with E-state index in [0.717, 1.165) is 12.1 Å². The predicted molar refractivity (Wildman–Crippen MR) is 62.9 cm³/mol. The monoisotopic (exact) mass is 214 g/mol. The van der Waals surface area contributed by atoms with Crippen LogP contribution in [-0.2, 0) is 6.54 Å². The molecule has 0 bridgehead atoms. The fraction of sp³-hybridized carbons (Fsp3) is 0.308. The van der Waals surface area contributed by atoms with Crippen LogP contribution in [0.5, 0.6) is 5.75 Å². The molecule has 0 aliphatic carbocycles. The molecule has 16 heavy (non-hydrogen) atoms. The summed E-state index contributed by atoms with van der Waals surface area (Å²) in [7, 11) is 1.57. The number of nitrogens with one attached hydrogen (secondary N) is 1. The van der Waals surface area contributed by atoms with E-state index in [0.29, 0.717) is 17.9 Å². The van der Waals surface area contributed by atoms with Crippen molar-refractivity contribution in [3.63, 3.8) is 0 Å². The molecular formula is C13H14N2O. The minimum atomic E-state index is 0.555. The van der Waals surface area contributed by atoms with Crippen LogP contribution in [-0.4, -0.2) is 13.7 Å². The van der Waals surface area contributed by atoms with E-state index in [1.165, 1.54) is 0 Å². The van der Waals surface area contributed by atoms with Gasteiger partial charge in [0.25, 0.3) is 0 Å². The molecule has 0 amide bonds. The van der Waals surface area contributed by atoms with Gasteiger partial charge in [-0.05, 0) is 24.6 Å². The van der Waals surface area contributed by atoms with Crippen LogP contribution in [0.25, 0.3) is 0 Å². The second kappa shape index (κ2) is 6.50. The van der Waals surface area contributed by atoms with Gasteiger partial charge in [-0.2, -0.15) is 5.26 Å². The van der Waals surface area contributed by atoms with Crippen molar-refractivity contribution in [2.24, 2.45) is 0 Å². The van der Waals surface area contributed by atoms with E-state index in [9.17, 15) is 0 Å². The van der Waals surface area contributed by atoms with Gasteiger partial charge in [0.2, 0.25) is 0 Å². The van der Waals surface area contributed by atoms with E-state index >= 15 is 0 Å². The molecule has 1 N–H and O–H groups in total. The lowest BCUT2D eigenvalue weighted by molar-refractivity contribution is 0.413. The zero-order valence-electron chi connectivity index (χ0n) is 9.50. The molecule has 0 unspecified atom stereocenters. The number of hydrogen-bond acceptors (Lipinski definition) is 3. The Morgan fingerprint density at radius 3 is 2.88 bits per heavy atom. The summed E-state index contributed by atoms with van der Waals surface area (Å²) < 4.78 is 5.13. The summed E-state index contributed by atoms with van der Waals surface area (Å²) >= 11 is 0. The van der Waals surface area contributed by atoms with Gasteiger partial charge in [0, 0.05) is 6.54 Å². The van der Waals surface area contributed by atoms with Gasteiger partial charge in [-0.1, -0.05) is 12.0 Å². The third kappa shape index (κ3) is 3.31. The van der Waals surface area contributed by atoms with Crippen molar-refractivity contribution in [1.82, 2.24) is 5.32 Å². The van der Waals surface area contributed by atoms with Crippen LogP contribution >= 0.6 is 0 Å². The maximum atomic E-state index is 8.82. The molecule has 82 valence electrons. The van der Waals surface area contributed by atoms with E-state index < -0.39 is 0 Å². The third-order valence-electron chi connectivity index (χ3n) is 2.11. The van der Waals surface area contributed by atoms with E-state index in [2.05, 4.69) is 23.2 Å². The first-order valence-corrected chi connectivity index (χ1v) is 4.99. The first-order chi connectivity index (χ1) is 7.81. The standard InChI is InChI=1S/C13H14N2O/c1-3-4-7-15-10-11-5-6-12(9-14)13(8-11)16-2/h5-6,8,15H,7,10H2,1-2H3. The Hall–Kier alpha value is -1.97. The van der Waals surface area contributed by atoms with Gasteiger partial charge in [0.05, 0.1) is 19.2 Å². The Bertz CT molecular complexity index is 449. The summed E-state index contributed by atoms with van der Waals surface area (Å²) in [6.07, 6.45) is 0. The van der Waals surface area contributed by atoms with Crippen LogP contribution < -0.4 is 10.1 Å². The maximum Gasteiger partial charge on any atom is 0.136 e. The topological polar surface area (TPSA) is 45.0 Å². The van der Waals surface area contributed by atoms with E-state index in [1.807, 2.05) is 19.1 Å². The van der Waals surface area contributed by atoms with Crippen LogP contribution in [0.15, 0.2) is 18.2 Å². The second-order valence-corrected chi connectivity index (χ2v) is 3.18. The van der Waals surface area contributed by atoms with Crippen LogP contribution in [0, 0.1) is 23.2 Å². The van der Waals surface area contributed by atoms with Gasteiger partial charge in [0.1, 0.15) is 11.8 Å². The minimum absolute atomic E-state index is 0.555. The summed E-state index contributed by atoms with van der Waals surface area (Å²) in [6.45, 7) is 3.20. The lowest BCUT2D eigenvalue weighted by Crippen LogP contribution is -2.13. The van der Waals surface area contributed by atoms with Crippen molar-refractivity contribution < 1.29 is 4.74 Å². The van der Waals surface area contributed by atoms with Gasteiger partial charge >= 0.3 is 0 Å². The first-order valence-electron chi connectivity index (χ1n) is 4.99. The fourth-order valence-electron chi connectivity index (χ4n) is 1.30. The van der Waals surface area contributed by atoms with Gasteiger partial charge in [-0.3, -0.25) is 0 Å². The highest BCUT2D eigenvalue weighted by Gasteiger charge is 2.02. The third-order valence-corrected chi connectivity index (χ3v) is 2.11. The fourth-order valence-corrected chi connectivity index (χ4v) is 1.30. The second-order valence-electron chi connectivity index (χ2n) is 3.18. The minimum Gasteiger partial charge on any atom is -0.495 e. The number of nitrogens with zero attached hydrogens (tertiary/aromatic N) is 1. The Morgan fingerprint density at radius 1 is 1.44 bits per heavy atom. The van der Waals surface area contributed by atoms with Crippen molar-refractivity contribution >= 4 is 0 Å². The largest absolute Gasteiger partial charge is 0.495 e. The number of ether oxygens (including phenoxy) is 1. The Balaban J connectivity index is 2.67. The van der Waals surface area contributed by atoms with Gasteiger partial charge in [-0.15, -0.1) is 5.92 Å². The van der Waals surface area contributed by atoms with Crippen molar-refractivity contribution in [3.8, 4) is 23.7 Å². The maximum absolute atomic E-state index is 8.82. The lowest BCUT2D eigenvalue weighted by Gasteiger charge is -2.06. The molecule has 0 aliphatic heterocycles. The molecule has 0 heterocycles. The summed E-state index contributed by atoms with van der Waals surface area (Å²) in [5.41, 5.74) is 1.63. The van der Waals surface area contributed by atoms with Crippen molar-refractivity contribution in [3.05, 3.63) is 29.3 Å². The highest BCUT2D eigenvalue weighted by atomic mass is 16.5. The van der Waals surface area contributed by atoms with Crippen LogP contribution in [0.2, 0.25) is 0 Å². The molecule has 0 atom stereocenters. The molecule has 0 saturated carbocycles. The number of hydrogen-bond donors (Lipinski definition) is 1. The van der Waals surface area contributed by atoms with Crippen molar-refractivity contribution in [2.75, 3.05) is 13.7 Å². The smallest absolute Gasteiger partial charge is 0.136 e. The predicted octanol–water partition coefficient (Wildman–Crippen LogP) is 1.68. The molecule has 0 saturated heterocycles. The van der Waals surface area contributed by atoms with Gasteiger partial charge < -0.3 is 10.1 Å². The van der Waals surface area contributed by atoms with Gasteiger partial charge in [0.15, 0.2) is 0 Å². The molecule has 1 aromatic carbocycles. The van der Waals surface area contributed by atoms with Crippen LogP contribution in [0.1, 0.15) is 18.1 Å². The highest BCUT2D eigenvalue weighted by molar-refractivity contribution is 5.45. The molecule has 1 rings (SSSR count). The lowest BCUT2D eigenvalue weighted by atomic mass is 10.1. The number of methoxy groups -OCH3 is 1. The highest BCUT2D eigenvalue weighted by Crippen LogP contribution is 2.18. The molecule has 3 nitrogen and oxygen atoms in total. The van der Waals surface area contributed by atoms with E-state index in [4.69, 9.17) is 10.00 Å². The molecule has 0 radical (unpaired) electrons. The normalized spacial score (nSPS) is 8.81. The first kappa shape index (κ1) is 12.1. The summed E-state index contributed by atoms with van der Waals surface area (Å²) in [6, 6.07) is 7.62. The number of benzene rings is 1. The molecule has 1 aromatic rings. The Morgan fingerprint density at radius 2 is 2.25 bits per heavy atom. The molecular weight excluding hydrogens is 200 g/mol. The summed E-state index contributed by atoms with van der Waals surface area (Å²) in [4.78, 5) is 0. The number of nitriles is 1. The molecule has 0 spiro atoms. The van der Waals surface area contributed by atoms with E-state index in [-0.39, 0.29) is 0 Å². The molecule has 3 heteroatoms. The SMILES string of the molecule is CC#CCNCc1ccc(C#N)c(OC)c1. The summed E-state index contributed by atoms with van der Waals surface area (Å²) in [5, 5.41) is 12.0. The quantitative estimate of drug-likeness (QED) is 0.612. The molecule has 0 aromatic heterocycles. The van der Waals surface area contributed by atoms with Gasteiger partial charge in [-0.25, -0.2) is 0 Å². The summed E-state index contributed by atoms with van der Waals surface area (Å²) in [5.74, 6) is 6.35. The van der Waals surface area contributed by atoms with Crippen LogP contribution in [0.4, 0.5) is 0 Å². The van der Waals surface area contributed by atoms with E-state index in [1.54, 1.807) is 13.2 Å². The van der Waals surface area contributed by atoms with Crippen LogP contribution in [0.3, 0.4) is 0 Å². The molecule has 0 fully saturated rings. The molecule has 0 aliphatic rings. The average molecular weight is 214 g/mol.